The van der Waals surface area contributed by atoms with Gasteiger partial charge in [0.1, 0.15) is 5.76 Å². The van der Waals surface area contributed by atoms with E-state index >= 15 is 0 Å². The summed E-state index contributed by atoms with van der Waals surface area (Å²) in [7, 11) is 0. The van der Waals surface area contributed by atoms with Gasteiger partial charge in [-0.15, -0.1) is 0 Å². The van der Waals surface area contributed by atoms with Crippen LogP contribution < -0.4 is 0 Å². The molecule has 0 aromatic carbocycles. The van der Waals surface area contributed by atoms with E-state index in [2.05, 4.69) is 6.58 Å². The van der Waals surface area contributed by atoms with Crippen LogP contribution >= 0.6 is 0 Å². The van der Waals surface area contributed by atoms with E-state index < -0.39 is 5.41 Å². The summed E-state index contributed by atoms with van der Waals surface area (Å²) in [5, 5.41) is 9.47. The predicted octanol–water partition coefficient (Wildman–Crippen LogP) is 2.15. The molecular formula is C10H12O2. The first-order valence-electron chi connectivity index (χ1n) is 3.84. The predicted molar refractivity (Wildman–Crippen MR) is 47.8 cm³/mol. The smallest absolute Gasteiger partial charge is 0.168 e. The third kappa shape index (κ3) is 1.20. The van der Waals surface area contributed by atoms with Crippen LogP contribution in [0.4, 0.5) is 0 Å². The Morgan fingerprint density at radius 2 is 2.50 bits per heavy atom. The molecule has 0 aliphatic heterocycles. The van der Waals surface area contributed by atoms with Crippen LogP contribution in [-0.4, -0.2) is 10.9 Å². The fourth-order valence-electron chi connectivity index (χ4n) is 1.20. The molecule has 0 aromatic rings. The minimum Gasteiger partial charge on any atom is -0.511 e. The van der Waals surface area contributed by atoms with Crippen molar-refractivity contribution in [3.8, 4) is 0 Å². The SMILES string of the molecule is C=CC(=O)C1(C)CC=CC=C1O. The molecule has 0 bridgehead atoms. The highest BCUT2D eigenvalue weighted by Gasteiger charge is 2.35. The van der Waals surface area contributed by atoms with Gasteiger partial charge in [0, 0.05) is 0 Å². The summed E-state index contributed by atoms with van der Waals surface area (Å²) in [6, 6.07) is 0. The Morgan fingerprint density at radius 1 is 1.83 bits per heavy atom. The molecule has 0 radical (unpaired) electrons. The molecule has 0 aromatic heterocycles. The molecule has 2 nitrogen and oxygen atoms in total. The molecular weight excluding hydrogens is 152 g/mol. The number of hydrogen-bond donors (Lipinski definition) is 1. The van der Waals surface area contributed by atoms with Crippen LogP contribution in [0.1, 0.15) is 13.3 Å². The van der Waals surface area contributed by atoms with Gasteiger partial charge in [0.15, 0.2) is 5.78 Å². The average molecular weight is 164 g/mol. The molecule has 0 heterocycles. The Bertz CT molecular complexity index is 274. The van der Waals surface area contributed by atoms with Crippen molar-refractivity contribution < 1.29 is 9.90 Å². The maximum Gasteiger partial charge on any atom is 0.168 e. The standard InChI is InChI=1S/C10H12O2/c1-3-8(11)10(2)7-5-4-6-9(10)12/h3-6,12H,1,7H2,2H3. The van der Waals surface area contributed by atoms with Crippen LogP contribution in [0.5, 0.6) is 0 Å². The van der Waals surface area contributed by atoms with Crippen LogP contribution in [0.3, 0.4) is 0 Å². The van der Waals surface area contributed by atoms with Gasteiger partial charge in [-0.3, -0.25) is 4.79 Å². The molecule has 1 aliphatic rings. The van der Waals surface area contributed by atoms with Crippen molar-refractivity contribution in [2.24, 2.45) is 5.41 Å². The molecule has 2 heteroatoms. The maximum atomic E-state index is 11.3. The fraction of sp³-hybridized carbons (Fsp3) is 0.300. The van der Waals surface area contributed by atoms with E-state index in [4.69, 9.17) is 0 Å². The molecule has 1 rings (SSSR count). The number of ketones is 1. The highest BCUT2D eigenvalue weighted by molar-refractivity contribution is 5.96. The minimum absolute atomic E-state index is 0.120. The van der Waals surface area contributed by atoms with E-state index in [1.54, 1.807) is 19.1 Å². The van der Waals surface area contributed by atoms with E-state index in [0.717, 1.165) is 0 Å². The van der Waals surface area contributed by atoms with E-state index in [9.17, 15) is 9.90 Å². The second-order valence-electron chi connectivity index (χ2n) is 3.08. The summed E-state index contributed by atoms with van der Waals surface area (Å²) < 4.78 is 0. The lowest BCUT2D eigenvalue weighted by Gasteiger charge is -2.26. The number of rotatable bonds is 2. The highest BCUT2D eigenvalue weighted by atomic mass is 16.3. The van der Waals surface area contributed by atoms with Crippen LogP contribution in [0.15, 0.2) is 36.6 Å². The summed E-state index contributed by atoms with van der Waals surface area (Å²) in [4.78, 5) is 11.3. The molecule has 1 atom stereocenters. The van der Waals surface area contributed by atoms with Crippen LogP contribution in [0.25, 0.3) is 0 Å². The topological polar surface area (TPSA) is 37.3 Å². The maximum absolute atomic E-state index is 11.3. The molecule has 0 fully saturated rings. The minimum atomic E-state index is -0.781. The quantitative estimate of drug-likeness (QED) is 0.635. The zero-order chi connectivity index (χ0) is 9.19. The number of carbonyl (C=O) groups excluding carboxylic acids is 1. The zero-order valence-corrected chi connectivity index (χ0v) is 7.08. The average Bonchev–Trinajstić information content (AvgIpc) is 2.09. The number of aliphatic hydroxyl groups excluding tert-OH is 1. The molecule has 0 saturated heterocycles. The Kier molecular flexibility index (Phi) is 2.18. The zero-order valence-electron chi connectivity index (χ0n) is 7.08. The lowest BCUT2D eigenvalue weighted by Crippen LogP contribution is -2.29. The summed E-state index contributed by atoms with van der Waals surface area (Å²) >= 11 is 0. The number of aliphatic hydroxyl groups is 1. The van der Waals surface area contributed by atoms with Gasteiger partial charge >= 0.3 is 0 Å². The van der Waals surface area contributed by atoms with Crippen LogP contribution in [-0.2, 0) is 4.79 Å². The van der Waals surface area contributed by atoms with Crippen LogP contribution in [0, 0.1) is 5.41 Å². The summed E-state index contributed by atoms with van der Waals surface area (Å²) in [6.45, 7) is 5.12. The molecule has 1 N–H and O–H groups in total. The Labute approximate surface area is 71.9 Å². The second kappa shape index (κ2) is 2.97. The number of carbonyl (C=O) groups is 1. The van der Waals surface area contributed by atoms with Crippen molar-refractivity contribution in [1.29, 1.82) is 0 Å². The van der Waals surface area contributed by atoms with Gasteiger partial charge in [-0.2, -0.15) is 0 Å². The highest BCUT2D eigenvalue weighted by Crippen LogP contribution is 2.33. The first kappa shape index (κ1) is 8.78. The largest absolute Gasteiger partial charge is 0.511 e. The summed E-state index contributed by atoms with van der Waals surface area (Å²) in [5.74, 6) is -0.0181. The lowest BCUT2D eigenvalue weighted by atomic mass is 9.78. The van der Waals surface area contributed by atoms with Gasteiger partial charge in [0.2, 0.25) is 0 Å². The summed E-state index contributed by atoms with van der Waals surface area (Å²) in [5.41, 5.74) is -0.781. The molecule has 0 saturated carbocycles. The second-order valence-corrected chi connectivity index (χ2v) is 3.08. The van der Waals surface area contributed by atoms with E-state index in [1.807, 2.05) is 6.08 Å². The van der Waals surface area contributed by atoms with Crippen molar-refractivity contribution >= 4 is 5.78 Å². The normalized spacial score (nSPS) is 27.9. The summed E-state index contributed by atoms with van der Waals surface area (Å²) in [6.07, 6.45) is 6.95. The van der Waals surface area contributed by atoms with Gasteiger partial charge < -0.3 is 5.11 Å². The number of allylic oxidation sites excluding steroid dienone is 5. The number of hydrogen-bond acceptors (Lipinski definition) is 2. The Hall–Kier alpha value is -1.31. The monoisotopic (exact) mass is 164 g/mol. The van der Waals surface area contributed by atoms with Gasteiger partial charge in [-0.25, -0.2) is 0 Å². The van der Waals surface area contributed by atoms with E-state index in [1.165, 1.54) is 6.08 Å². The van der Waals surface area contributed by atoms with E-state index in [0.29, 0.717) is 6.42 Å². The molecule has 0 amide bonds. The van der Waals surface area contributed by atoms with Crippen molar-refractivity contribution in [3.05, 3.63) is 36.6 Å². The molecule has 1 aliphatic carbocycles. The van der Waals surface area contributed by atoms with Crippen molar-refractivity contribution in [2.45, 2.75) is 13.3 Å². The van der Waals surface area contributed by atoms with Crippen molar-refractivity contribution in [2.75, 3.05) is 0 Å². The first-order chi connectivity index (χ1) is 5.61. The van der Waals surface area contributed by atoms with Gasteiger partial charge in [0.05, 0.1) is 5.41 Å². The van der Waals surface area contributed by atoms with Gasteiger partial charge in [-0.1, -0.05) is 18.7 Å². The fourth-order valence-corrected chi connectivity index (χ4v) is 1.20. The van der Waals surface area contributed by atoms with Crippen LogP contribution in [0.2, 0.25) is 0 Å². The van der Waals surface area contributed by atoms with Crippen molar-refractivity contribution in [3.63, 3.8) is 0 Å². The molecule has 0 spiro atoms. The Morgan fingerprint density at radius 3 is 3.00 bits per heavy atom. The molecule has 1 unspecified atom stereocenters. The molecule has 64 valence electrons. The van der Waals surface area contributed by atoms with Gasteiger partial charge in [-0.05, 0) is 25.5 Å². The Balaban J connectivity index is 3.00. The van der Waals surface area contributed by atoms with Crippen molar-refractivity contribution in [1.82, 2.24) is 0 Å². The first-order valence-corrected chi connectivity index (χ1v) is 3.84. The third-order valence-corrected chi connectivity index (χ3v) is 2.21. The third-order valence-electron chi connectivity index (χ3n) is 2.21. The lowest BCUT2D eigenvalue weighted by molar-refractivity contribution is -0.122. The molecule has 12 heavy (non-hydrogen) atoms. The van der Waals surface area contributed by atoms with E-state index in [-0.39, 0.29) is 11.5 Å². The van der Waals surface area contributed by atoms with Gasteiger partial charge in [0.25, 0.3) is 0 Å².